The predicted molar refractivity (Wildman–Crippen MR) is 67.7 cm³/mol. The Kier molecular flexibility index (Phi) is 2.32. The van der Waals surface area contributed by atoms with Gasteiger partial charge in [0.25, 0.3) is 0 Å². The topological polar surface area (TPSA) is 44.5 Å². The van der Waals surface area contributed by atoms with Gasteiger partial charge in [-0.05, 0) is 31.3 Å². The Labute approximate surface area is 104 Å². The first-order chi connectivity index (χ1) is 8.28. The van der Waals surface area contributed by atoms with Crippen molar-refractivity contribution in [1.29, 1.82) is 0 Å². The summed E-state index contributed by atoms with van der Waals surface area (Å²) in [5, 5.41) is 3.55. The van der Waals surface area contributed by atoms with Gasteiger partial charge in [0, 0.05) is 50.7 Å². The van der Waals surface area contributed by atoms with E-state index in [-0.39, 0.29) is 0 Å². The molecule has 3 aliphatic heterocycles. The second kappa shape index (κ2) is 3.67. The van der Waals surface area contributed by atoms with Gasteiger partial charge in [-0.1, -0.05) is 0 Å². The number of piperidine rings is 1. The van der Waals surface area contributed by atoms with Crippen LogP contribution in [-0.4, -0.2) is 68.2 Å². The van der Waals surface area contributed by atoms with Gasteiger partial charge in [-0.2, -0.15) is 0 Å². The molecule has 4 aliphatic rings. The van der Waals surface area contributed by atoms with E-state index < -0.39 is 0 Å². The second-order valence-corrected chi connectivity index (χ2v) is 6.63. The first-order valence-corrected chi connectivity index (χ1v) is 7.14. The normalized spacial score (nSPS) is 53.3. The van der Waals surface area contributed by atoms with Gasteiger partial charge in [0.15, 0.2) is 0 Å². The highest BCUT2D eigenvalue weighted by Gasteiger charge is 2.55. The molecule has 1 saturated carbocycles. The lowest BCUT2D eigenvalue weighted by atomic mass is 9.89. The van der Waals surface area contributed by atoms with E-state index in [1.54, 1.807) is 0 Å². The van der Waals surface area contributed by atoms with E-state index in [1.165, 1.54) is 32.7 Å². The van der Waals surface area contributed by atoms with Crippen molar-refractivity contribution in [2.45, 2.75) is 12.1 Å². The minimum atomic E-state index is 0.791. The Morgan fingerprint density at radius 2 is 1.94 bits per heavy atom. The fraction of sp³-hybridized carbons (Fsp3) is 1.00. The van der Waals surface area contributed by atoms with Crippen molar-refractivity contribution in [3.8, 4) is 0 Å². The van der Waals surface area contributed by atoms with Gasteiger partial charge in [0.1, 0.15) is 0 Å². The van der Waals surface area contributed by atoms with Gasteiger partial charge in [-0.3, -0.25) is 0 Å². The minimum absolute atomic E-state index is 0.791. The molecular weight excluding hydrogens is 212 g/mol. The number of hydrogen-bond donors (Lipinski definition) is 2. The lowest BCUT2D eigenvalue weighted by Gasteiger charge is -2.37. The molecule has 4 rings (SSSR count). The summed E-state index contributed by atoms with van der Waals surface area (Å²) in [6.45, 7) is 7.35. The summed E-state index contributed by atoms with van der Waals surface area (Å²) in [6.07, 6.45) is 0. The molecule has 4 nitrogen and oxygen atoms in total. The van der Waals surface area contributed by atoms with Crippen molar-refractivity contribution < 1.29 is 0 Å². The minimum Gasteiger partial charge on any atom is -0.330 e. The summed E-state index contributed by atoms with van der Waals surface area (Å²) in [5.41, 5.74) is 5.77. The van der Waals surface area contributed by atoms with Crippen LogP contribution in [-0.2, 0) is 0 Å². The lowest BCUT2D eigenvalue weighted by molar-refractivity contribution is 0.158. The van der Waals surface area contributed by atoms with Crippen molar-refractivity contribution in [2.24, 2.45) is 29.4 Å². The molecule has 96 valence electrons. The van der Waals surface area contributed by atoms with Crippen LogP contribution >= 0.6 is 0 Å². The zero-order chi connectivity index (χ0) is 11.6. The first-order valence-electron chi connectivity index (χ1n) is 7.14. The summed E-state index contributed by atoms with van der Waals surface area (Å²) < 4.78 is 0. The van der Waals surface area contributed by atoms with E-state index in [4.69, 9.17) is 5.73 Å². The third-order valence-electron chi connectivity index (χ3n) is 5.84. The molecule has 0 aromatic heterocycles. The number of likely N-dealkylation sites (N-methyl/N-ethyl adjacent to an activating group) is 1. The van der Waals surface area contributed by atoms with Gasteiger partial charge in [-0.25, -0.2) is 0 Å². The SMILES string of the molecule is CN1CC2NCC2C1CN1CC2C(CN)C2C1. The molecule has 0 spiro atoms. The van der Waals surface area contributed by atoms with Gasteiger partial charge >= 0.3 is 0 Å². The summed E-state index contributed by atoms with van der Waals surface area (Å²) in [4.78, 5) is 5.27. The molecule has 5 atom stereocenters. The molecular formula is C13H24N4. The number of rotatable bonds is 3. The van der Waals surface area contributed by atoms with E-state index in [1.807, 2.05) is 0 Å². The third-order valence-corrected chi connectivity index (χ3v) is 5.84. The van der Waals surface area contributed by atoms with Crippen molar-refractivity contribution in [1.82, 2.24) is 15.1 Å². The molecule has 0 amide bonds. The molecule has 0 aromatic rings. The second-order valence-electron chi connectivity index (χ2n) is 6.63. The Morgan fingerprint density at radius 3 is 2.47 bits per heavy atom. The van der Waals surface area contributed by atoms with Crippen LogP contribution < -0.4 is 11.1 Å². The quantitative estimate of drug-likeness (QED) is 0.661. The van der Waals surface area contributed by atoms with Crippen LogP contribution in [0.3, 0.4) is 0 Å². The number of fused-ring (bicyclic) bond motifs is 2. The molecule has 4 fully saturated rings. The van der Waals surface area contributed by atoms with Gasteiger partial charge in [0.2, 0.25) is 0 Å². The number of nitrogens with one attached hydrogen (secondary N) is 1. The van der Waals surface area contributed by atoms with Crippen LogP contribution in [0, 0.1) is 23.7 Å². The molecule has 3 saturated heterocycles. The van der Waals surface area contributed by atoms with E-state index in [2.05, 4.69) is 22.2 Å². The third kappa shape index (κ3) is 1.51. The molecule has 0 aromatic carbocycles. The number of nitrogens with zero attached hydrogens (tertiary/aromatic N) is 2. The summed E-state index contributed by atoms with van der Waals surface area (Å²) in [6, 6.07) is 1.59. The summed E-state index contributed by atoms with van der Waals surface area (Å²) in [7, 11) is 2.30. The van der Waals surface area contributed by atoms with Crippen LogP contribution in [0.15, 0.2) is 0 Å². The average molecular weight is 236 g/mol. The number of hydrogen-bond acceptors (Lipinski definition) is 4. The van der Waals surface area contributed by atoms with Crippen molar-refractivity contribution in [2.75, 3.05) is 46.3 Å². The number of likely N-dealkylation sites (tertiary alicyclic amines) is 2. The molecule has 17 heavy (non-hydrogen) atoms. The molecule has 0 radical (unpaired) electrons. The van der Waals surface area contributed by atoms with Crippen LogP contribution in [0.2, 0.25) is 0 Å². The standard InChI is InChI=1S/C13H24N4/c1-16-6-12-9(3-15-12)13(16)7-17-4-10-8(2-14)11(10)5-17/h8-13,15H,2-7,14H2,1H3. The fourth-order valence-corrected chi connectivity index (χ4v) is 4.57. The highest BCUT2D eigenvalue weighted by Crippen LogP contribution is 2.51. The molecule has 3 heterocycles. The smallest absolute Gasteiger partial charge is 0.0276 e. The van der Waals surface area contributed by atoms with Gasteiger partial charge in [-0.15, -0.1) is 0 Å². The lowest BCUT2D eigenvalue weighted by Crippen LogP contribution is -2.55. The van der Waals surface area contributed by atoms with Crippen LogP contribution in [0.25, 0.3) is 0 Å². The predicted octanol–water partition coefficient (Wildman–Crippen LogP) is -0.975. The first kappa shape index (κ1) is 10.7. The summed E-state index contributed by atoms with van der Waals surface area (Å²) >= 11 is 0. The maximum Gasteiger partial charge on any atom is 0.0276 e. The largest absolute Gasteiger partial charge is 0.330 e. The zero-order valence-corrected chi connectivity index (χ0v) is 10.7. The average Bonchev–Trinajstić information content (AvgIpc) is 2.67. The van der Waals surface area contributed by atoms with Crippen molar-refractivity contribution in [3.63, 3.8) is 0 Å². The summed E-state index contributed by atoms with van der Waals surface area (Å²) in [5.74, 6) is 3.68. The maximum absolute atomic E-state index is 5.77. The van der Waals surface area contributed by atoms with Crippen LogP contribution in [0.5, 0.6) is 0 Å². The molecule has 0 bridgehead atoms. The van der Waals surface area contributed by atoms with Gasteiger partial charge in [0.05, 0.1) is 0 Å². The number of nitrogens with two attached hydrogens (primary N) is 1. The fourth-order valence-electron chi connectivity index (χ4n) is 4.57. The molecule has 4 heteroatoms. The van der Waals surface area contributed by atoms with E-state index in [9.17, 15) is 0 Å². The van der Waals surface area contributed by atoms with Crippen molar-refractivity contribution >= 4 is 0 Å². The zero-order valence-electron chi connectivity index (χ0n) is 10.7. The van der Waals surface area contributed by atoms with E-state index >= 15 is 0 Å². The Hall–Kier alpha value is -0.160. The molecule has 1 aliphatic carbocycles. The van der Waals surface area contributed by atoms with Crippen LogP contribution in [0.1, 0.15) is 0 Å². The van der Waals surface area contributed by atoms with E-state index in [0.717, 1.165) is 42.3 Å². The monoisotopic (exact) mass is 236 g/mol. The Bertz CT molecular complexity index is 309. The van der Waals surface area contributed by atoms with Gasteiger partial charge < -0.3 is 20.9 Å². The Balaban J connectivity index is 1.34. The Morgan fingerprint density at radius 1 is 1.18 bits per heavy atom. The van der Waals surface area contributed by atoms with Crippen LogP contribution in [0.4, 0.5) is 0 Å². The highest BCUT2D eigenvalue weighted by atomic mass is 15.3. The maximum atomic E-state index is 5.77. The highest BCUT2D eigenvalue weighted by molar-refractivity contribution is 5.08. The molecule has 5 unspecified atom stereocenters. The van der Waals surface area contributed by atoms with E-state index in [0.29, 0.717) is 0 Å². The van der Waals surface area contributed by atoms with Crippen molar-refractivity contribution in [3.05, 3.63) is 0 Å². The molecule has 3 N–H and O–H groups in total.